The van der Waals surface area contributed by atoms with Crippen molar-refractivity contribution in [2.75, 3.05) is 5.32 Å². The van der Waals surface area contributed by atoms with Crippen molar-refractivity contribution in [1.82, 2.24) is 9.97 Å². The Morgan fingerprint density at radius 2 is 2.00 bits per heavy atom. The Morgan fingerprint density at radius 3 is 2.86 bits per heavy atom. The molecule has 2 aromatic heterocycles. The monoisotopic (exact) mass is 297 g/mol. The largest absolute Gasteiger partial charge is 0.379 e. The maximum absolute atomic E-state index is 6.01. The fourth-order valence-electron chi connectivity index (χ4n) is 2.41. The summed E-state index contributed by atoms with van der Waals surface area (Å²) in [6.45, 7) is 2.84. The van der Waals surface area contributed by atoms with Crippen molar-refractivity contribution in [1.29, 1.82) is 0 Å². The highest BCUT2D eigenvalue weighted by Crippen LogP contribution is 2.24. The molecule has 3 nitrogen and oxygen atoms in total. The van der Waals surface area contributed by atoms with E-state index in [1.165, 1.54) is 5.56 Å². The minimum atomic E-state index is 0.699. The van der Waals surface area contributed by atoms with Crippen LogP contribution in [0.25, 0.3) is 10.9 Å². The molecule has 0 radical (unpaired) electrons. The number of hydrogen-bond donors (Lipinski definition) is 1. The number of anilines is 1. The predicted molar refractivity (Wildman–Crippen MR) is 87.7 cm³/mol. The number of hydrogen-bond acceptors (Lipinski definition) is 3. The normalized spacial score (nSPS) is 10.8. The van der Waals surface area contributed by atoms with Gasteiger partial charge in [-0.1, -0.05) is 24.6 Å². The van der Waals surface area contributed by atoms with Crippen LogP contribution in [0.5, 0.6) is 0 Å². The Labute approximate surface area is 129 Å². The van der Waals surface area contributed by atoms with Gasteiger partial charge in [0.25, 0.3) is 0 Å². The summed E-state index contributed by atoms with van der Waals surface area (Å²) in [5.41, 5.74) is 4.29. The summed E-state index contributed by atoms with van der Waals surface area (Å²) in [6.07, 6.45) is 4.61. The van der Waals surface area contributed by atoms with Crippen LogP contribution in [0.1, 0.15) is 18.2 Å². The predicted octanol–water partition coefficient (Wildman–Crippen LogP) is 4.46. The lowest BCUT2D eigenvalue weighted by Crippen LogP contribution is -2.05. The van der Waals surface area contributed by atoms with Crippen molar-refractivity contribution in [3.63, 3.8) is 0 Å². The molecule has 0 amide bonds. The highest BCUT2D eigenvalue weighted by molar-refractivity contribution is 6.31. The van der Waals surface area contributed by atoms with Crippen molar-refractivity contribution >= 4 is 28.2 Å². The number of pyridine rings is 2. The molecule has 0 spiro atoms. The maximum atomic E-state index is 6.01. The van der Waals surface area contributed by atoms with Gasteiger partial charge in [-0.25, -0.2) is 0 Å². The van der Waals surface area contributed by atoms with E-state index in [1.54, 1.807) is 6.20 Å². The number of aromatic nitrogens is 2. The summed E-state index contributed by atoms with van der Waals surface area (Å²) < 4.78 is 0. The topological polar surface area (TPSA) is 37.8 Å². The lowest BCUT2D eigenvalue weighted by atomic mass is 10.1. The van der Waals surface area contributed by atoms with Crippen molar-refractivity contribution in [3.8, 4) is 0 Å². The average Bonchev–Trinajstić information content (AvgIpc) is 2.52. The molecule has 4 heteroatoms. The summed E-state index contributed by atoms with van der Waals surface area (Å²) in [4.78, 5) is 8.81. The molecule has 0 atom stereocenters. The lowest BCUT2D eigenvalue weighted by molar-refractivity contribution is 0.973. The first-order valence-corrected chi connectivity index (χ1v) is 7.36. The molecule has 1 aromatic carbocycles. The number of rotatable bonds is 4. The van der Waals surface area contributed by atoms with Gasteiger partial charge in [0.1, 0.15) is 0 Å². The molecule has 2 heterocycles. The molecule has 1 N–H and O–H groups in total. The molecule has 3 aromatic rings. The number of nitrogens with one attached hydrogen (secondary N) is 1. The Balaban J connectivity index is 1.88. The van der Waals surface area contributed by atoms with Crippen LogP contribution in [0.2, 0.25) is 5.02 Å². The molecule has 21 heavy (non-hydrogen) atoms. The highest BCUT2D eigenvalue weighted by atomic mass is 35.5. The lowest BCUT2D eigenvalue weighted by Gasteiger charge is -2.11. The van der Waals surface area contributed by atoms with Crippen LogP contribution in [0, 0.1) is 0 Å². The molecule has 0 aliphatic heterocycles. The quantitative estimate of drug-likeness (QED) is 0.772. The minimum absolute atomic E-state index is 0.699. The molecule has 0 fully saturated rings. The smallest absolute Gasteiger partial charge is 0.0737 e. The van der Waals surface area contributed by atoms with Gasteiger partial charge >= 0.3 is 0 Å². The van der Waals surface area contributed by atoms with Gasteiger partial charge in [-0.2, -0.15) is 0 Å². The number of aryl methyl sites for hydroxylation is 1. The van der Waals surface area contributed by atoms with Crippen LogP contribution in [0.4, 0.5) is 5.69 Å². The number of benzene rings is 1. The van der Waals surface area contributed by atoms with Gasteiger partial charge < -0.3 is 5.32 Å². The molecular weight excluding hydrogens is 282 g/mol. The SMILES string of the molecule is CCc1cccnc1CNc1ccnc2cc(Cl)ccc12. The van der Waals surface area contributed by atoms with Gasteiger partial charge in [-0.15, -0.1) is 0 Å². The molecule has 0 unspecified atom stereocenters. The Morgan fingerprint density at radius 1 is 1.10 bits per heavy atom. The van der Waals surface area contributed by atoms with E-state index in [1.807, 2.05) is 36.5 Å². The first kappa shape index (κ1) is 13.8. The van der Waals surface area contributed by atoms with Gasteiger partial charge in [0.05, 0.1) is 17.8 Å². The van der Waals surface area contributed by atoms with Crippen molar-refractivity contribution in [2.45, 2.75) is 19.9 Å². The van der Waals surface area contributed by atoms with Crippen LogP contribution in [-0.2, 0) is 13.0 Å². The summed E-state index contributed by atoms with van der Waals surface area (Å²) in [5.74, 6) is 0. The van der Waals surface area contributed by atoms with E-state index in [0.717, 1.165) is 28.7 Å². The average molecular weight is 298 g/mol. The number of fused-ring (bicyclic) bond motifs is 1. The standard InChI is InChI=1S/C17H16ClN3/c1-2-12-4-3-8-19-17(12)11-21-15-7-9-20-16-10-13(18)5-6-14(15)16/h3-10H,2,11H2,1H3,(H,20,21). The third-order valence-corrected chi connectivity index (χ3v) is 3.75. The summed E-state index contributed by atoms with van der Waals surface area (Å²) in [7, 11) is 0. The van der Waals surface area contributed by atoms with E-state index in [9.17, 15) is 0 Å². The van der Waals surface area contributed by atoms with E-state index >= 15 is 0 Å². The Hall–Kier alpha value is -2.13. The second kappa shape index (κ2) is 6.10. The third-order valence-electron chi connectivity index (χ3n) is 3.52. The van der Waals surface area contributed by atoms with Crippen LogP contribution >= 0.6 is 11.6 Å². The first-order valence-electron chi connectivity index (χ1n) is 6.99. The molecule has 3 rings (SSSR count). The second-order valence-corrected chi connectivity index (χ2v) is 5.27. The van der Waals surface area contributed by atoms with Gasteiger partial charge in [0, 0.05) is 28.5 Å². The third kappa shape index (κ3) is 2.98. The van der Waals surface area contributed by atoms with E-state index in [4.69, 9.17) is 11.6 Å². The van der Waals surface area contributed by atoms with Crippen molar-refractivity contribution in [3.05, 3.63) is 65.1 Å². The van der Waals surface area contributed by atoms with Crippen molar-refractivity contribution < 1.29 is 0 Å². The summed E-state index contributed by atoms with van der Waals surface area (Å²) in [5, 5.41) is 5.22. The Bertz CT molecular complexity index is 771. The molecule has 0 bridgehead atoms. The molecule has 0 aliphatic carbocycles. The van der Waals surface area contributed by atoms with E-state index in [-0.39, 0.29) is 0 Å². The summed E-state index contributed by atoms with van der Waals surface area (Å²) in [6, 6.07) is 11.8. The molecule has 0 saturated carbocycles. The number of halogens is 1. The van der Waals surface area contributed by atoms with Gasteiger partial charge in [0.15, 0.2) is 0 Å². The van der Waals surface area contributed by atoms with Gasteiger partial charge in [-0.3, -0.25) is 9.97 Å². The van der Waals surface area contributed by atoms with Crippen LogP contribution in [0.3, 0.4) is 0 Å². The fourth-order valence-corrected chi connectivity index (χ4v) is 2.57. The van der Waals surface area contributed by atoms with Gasteiger partial charge in [0.2, 0.25) is 0 Å². The molecule has 106 valence electrons. The second-order valence-electron chi connectivity index (χ2n) is 4.84. The molecular formula is C17H16ClN3. The molecule has 0 aliphatic rings. The zero-order valence-corrected chi connectivity index (χ0v) is 12.6. The van der Waals surface area contributed by atoms with Crippen LogP contribution in [-0.4, -0.2) is 9.97 Å². The zero-order valence-electron chi connectivity index (χ0n) is 11.8. The minimum Gasteiger partial charge on any atom is -0.379 e. The van der Waals surface area contributed by atoms with E-state index in [2.05, 4.69) is 28.3 Å². The number of nitrogens with zero attached hydrogens (tertiary/aromatic N) is 2. The van der Waals surface area contributed by atoms with Gasteiger partial charge in [-0.05, 0) is 42.3 Å². The van der Waals surface area contributed by atoms with E-state index in [0.29, 0.717) is 11.6 Å². The van der Waals surface area contributed by atoms with E-state index < -0.39 is 0 Å². The van der Waals surface area contributed by atoms with Crippen LogP contribution < -0.4 is 5.32 Å². The molecule has 0 saturated heterocycles. The first-order chi connectivity index (χ1) is 10.3. The zero-order chi connectivity index (χ0) is 14.7. The highest BCUT2D eigenvalue weighted by Gasteiger charge is 2.05. The maximum Gasteiger partial charge on any atom is 0.0737 e. The Kier molecular flexibility index (Phi) is 4.02. The summed E-state index contributed by atoms with van der Waals surface area (Å²) >= 11 is 6.01. The van der Waals surface area contributed by atoms with Crippen molar-refractivity contribution in [2.24, 2.45) is 0 Å². The van der Waals surface area contributed by atoms with Crippen LogP contribution in [0.15, 0.2) is 48.8 Å². The fraction of sp³-hybridized carbons (Fsp3) is 0.176.